The molecule has 4 heteroatoms. The van der Waals surface area contributed by atoms with Gasteiger partial charge in [-0.2, -0.15) is 8.42 Å². The Bertz CT molecular complexity index is 350. The minimum atomic E-state index is -3.46. The highest BCUT2D eigenvalue weighted by molar-refractivity contribution is 7.89. The van der Waals surface area contributed by atoms with Gasteiger partial charge < -0.3 is 4.18 Å². The first-order valence-electron chi connectivity index (χ1n) is 4.93. The van der Waals surface area contributed by atoms with Crippen LogP contribution in [0.4, 0.5) is 0 Å². The van der Waals surface area contributed by atoms with E-state index >= 15 is 0 Å². The lowest BCUT2D eigenvalue weighted by Gasteiger charge is -2.14. The third-order valence-corrected chi connectivity index (χ3v) is 2.94. The molecule has 14 heavy (non-hydrogen) atoms. The third kappa shape index (κ3) is 3.18. The number of hydrogen-bond donors (Lipinski definition) is 0. The summed E-state index contributed by atoms with van der Waals surface area (Å²) in [5.74, 6) is 0.568. The second-order valence-corrected chi connectivity index (χ2v) is 4.77. The van der Waals surface area contributed by atoms with Crippen LogP contribution in [-0.2, 0) is 14.3 Å². The average molecular weight is 216 g/mol. The van der Waals surface area contributed by atoms with Gasteiger partial charge in [0.2, 0.25) is 0 Å². The van der Waals surface area contributed by atoms with Crippen molar-refractivity contribution in [3.05, 3.63) is 22.8 Å². The van der Waals surface area contributed by atoms with Crippen LogP contribution < -0.4 is 0 Å². The number of hydrogen-bond acceptors (Lipinski definition) is 3. The van der Waals surface area contributed by atoms with Gasteiger partial charge in [0, 0.05) is 6.42 Å². The van der Waals surface area contributed by atoms with E-state index < -0.39 is 10.1 Å². The van der Waals surface area contributed by atoms with Crippen LogP contribution in [0.15, 0.2) is 22.8 Å². The van der Waals surface area contributed by atoms with Gasteiger partial charge in [0.1, 0.15) is 5.76 Å². The summed E-state index contributed by atoms with van der Waals surface area (Å²) in [5.41, 5.74) is 0.849. The van der Waals surface area contributed by atoms with Crippen LogP contribution in [0, 0.1) is 0 Å². The molecule has 1 aliphatic rings. The zero-order valence-corrected chi connectivity index (χ0v) is 9.43. The third-order valence-electron chi connectivity index (χ3n) is 1.90. The van der Waals surface area contributed by atoms with E-state index in [0.29, 0.717) is 12.2 Å². The standard InChI is InChI=1S/C10H16O3S/c1-3-5-9-7-10(6-4-2)13-14(11,12)8-9/h7-8H,3-6H2,1-2H3. The number of allylic oxidation sites excluding steroid dienone is 3. The van der Waals surface area contributed by atoms with Gasteiger partial charge in [-0.25, -0.2) is 0 Å². The van der Waals surface area contributed by atoms with Gasteiger partial charge in [0.25, 0.3) is 0 Å². The zero-order valence-electron chi connectivity index (χ0n) is 8.62. The van der Waals surface area contributed by atoms with Crippen LogP contribution in [0.5, 0.6) is 0 Å². The predicted molar refractivity (Wildman–Crippen MR) is 56.0 cm³/mol. The second-order valence-electron chi connectivity index (χ2n) is 3.38. The van der Waals surface area contributed by atoms with Crippen LogP contribution in [0.3, 0.4) is 0 Å². The Labute approximate surface area is 85.6 Å². The summed E-state index contributed by atoms with van der Waals surface area (Å²) in [4.78, 5) is 0. The minimum Gasteiger partial charge on any atom is -0.384 e. The summed E-state index contributed by atoms with van der Waals surface area (Å²) in [6, 6.07) is 0. The molecule has 1 rings (SSSR count). The van der Waals surface area contributed by atoms with E-state index in [2.05, 4.69) is 0 Å². The van der Waals surface area contributed by atoms with E-state index in [1.165, 1.54) is 5.41 Å². The highest BCUT2D eigenvalue weighted by Gasteiger charge is 2.17. The second kappa shape index (κ2) is 4.64. The summed E-state index contributed by atoms with van der Waals surface area (Å²) in [5, 5.41) is 1.22. The molecule has 1 heterocycles. The molecule has 0 bridgehead atoms. The zero-order chi connectivity index (χ0) is 10.6. The molecule has 0 unspecified atom stereocenters. The Morgan fingerprint density at radius 3 is 2.43 bits per heavy atom. The van der Waals surface area contributed by atoms with Crippen molar-refractivity contribution in [1.29, 1.82) is 0 Å². The van der Waals surface area contributed by atoms with Gasteiger partial charge in [0.05, 0.1) is 5.41 Å². The van der Waals surface area contributed by atoms with E-state index in [1.54, 1.807) is 0 Å². The SMILES string of the molecule is CCCC1=CS(=O)(=O)OC(CCC)=C1. The maximum atomic E-state index is 11.3. The van der Waals surface area contributed by atoms with E-state index in [4.69, 9.17) is 4.18 Å². The van der Waals surface area contributed by atoms with Crippen molar-refractivity contribution in [3.8, 4) is 0 Å². The lowest BCUT2D eigenvalue weighted by atomic mass is 10.1. The summed E-state index contributed by atoms with van der Waals surface area (Å²) >= 11 is 0. The molecular weight excluding hydrogens is 200 g/mol. The van der Waals surface area contributed by atoms with Crippen LogP contribution in [0.2, 0.25) is 0 Å². The molecule has 80 valence electrons. The van der Waals surface area contributed by atoms with E-state index in [1.807, 2.05) is 19.9 Å². The first kappa shape index (κ1) is 11.3. The minimum absolute atomic E-state index is 0.568. The molecule has 0 aliphatic carbocycles. The maximum absolute atomic E-state index is 11.3. The summed E-state index contributed by atoms with van der Waals surface area (Å²) in [7, 11) is -3.46. The Hall–Kier alpha value is -0.770. The van der Waals surface area contributed by atoms with Crippen LogP contribution >= 0.6 is 0 Å². The molecule has 0 aromatic heterocycles. The molecule has 0 N–H and O–H groups in total. The van der Waals surface area contributed by atoms with E-state index in [9.17, 15) is 8.42 Å². The van der Waals surface area contributed by atoms with Gasteiger partial charge in [-0.05, 0) is 24.5 Å². The highest BCUT2D eigenvalue weighted by atomic mass is 32.2. The van der Waals surface area contributed by atoms with E-state index in [-0.39, 0.29) is 0 Å². The van der Waals surface area contributed by atoms with Crippen molar-refractivity contribution >= 4 is 10.1 Å². The molecule has 0 radical (unpaired) electrons. The predicted octanol–water partition coefficient (Wildman–Crippen LogP) is 2.71. The maximum Gasteiger partial charge on any atom is 0.332 e. The Morgan fingerprint density at radius 1 is 1.21 bits per heavy atom. The van der Waals surface area contributed by atoms with Gasteiger partial charge in [-0.3, -0.25) is 0 Å². The largest absolute Gasteiger partial charge is 0.384 e. The molecule has 0 saturated heterocycles. The van der Waals surface area contributed by atoms with Crippen molar-refractivity contribution in [2.24, 2.45) is 0 Å². The molecule has 1 aliphatic heterocycles. The fourth-order valence-electron chi connectivity index (χ4n) is 1.40. The van der Waals surface area contributed by atoms with Gasteiger partial charge >= 0.3 is 10.1 Å². The van der Waals surface area contributed by atoms with Crippen LogP contribution in [0.25, 0.3) is 0 Å². The van der Waals surface area contributed by atoms with Crippen molar-refractivity contribution in [1.82, 2.24) is 0 Å². The summed E-state index contributed by atoms with van der Waals surface area (Å²) < 4.78 is 27.4. The topological polar surface area (TPSA) is 43.4 Å². The number of rotatable bonds is 4. The van der Waals surface area contributed by atoms with Crippen molar-refractivity contribution < 1.29 is 12.6 Å². The summed E-state index contributed by atoms with van der Waals surface area (Å²) in [6.45, 7) is 4.02. The van der Waals surface area contributed by atoms with Gasteiger partial charge in [-0.15, -0.1) is 0 Å². The molecule has 0 saturated carbocycles. The average Bonchev–Trinajstić information content (AvgIpc) is 2.01. The van der Waals surface area contributed by atoms with Crippen molar-refractivity contribution in [3.63, 3.8) is 0 Å². The van der Waals surface area contributed by atoms with E-state index in [0.717, 1.165) is 24.8 Å². The lowest BCUT2D eigenvalue weighted by Crippen LogP contribution is -2.08. The molecule has 0 aromatic carbocycles. The van der Waals surface area contributed by atoms with Crippen LogP contribution in [0.1, 0.15) is 39.5 Å². The lowest BCUT2D eigenvalue weighted by molar-refractivity contribution is 0.393. The highest BCUT2D eigenvalue weighted by Crippen LogP contribution is 2.23. The van der Waals surface area contributed by atoms with Crippen molar-refractivity contribution in [2.75, 3.05) is 0 Å². The monoisotopic (exact) mass is 216 g/mol. The fourth-order valence-corrected chi connectivity index (χ4v) is 2.44. The molecular formula is C10H16O3S. The first-order valence-corrected chi connectivity index (χ1v) is 6.40. The van der Waals surface area contributed by atoms with Gasteiger partial charge in [-0.1, -0.05) is 20.3 Å². The van der Waals surface area contributed by atoms with Gasteiger partial charge in [0.15, 0.2) is 0 Å². The fraction of sp³-hybridized carbons (Fsp3) is 0.600. The first-order chi connectivity index (χ1) is 6.57. The van der Waals surface area contributed by atoms with Crippen molar-refractivity contribution in [2.45, 2.75) is 39.5 Å². The molecule has 0 spiro atoms. The smallest absolute Gasteiger partial charge is 0.332 e. The molecule has 3 nitrogen and oxygen atoms in total. The Balaban J connectivity index is 2.87. The van der Waals surface area contributed by atoms with Crippen LogP contribution in [-0.4, -0.2) is 8.42 Å². The molecule has 0 atom stereocenters. The normalized spacial score (nSPS) is 19.6. The summed E-state index contributed by atoms with van der Waals surface area (Å²) in [6.07, 6.45) is 5.14. The molecule has 0 amide bonds. The Morgan fingerprint density at radius 2 is 1.86 bits per heavy atom. The molecule has 0 fully saturated rings. The molecule has 0 aromatic rings. The Kier molecular flexibility index (Phi) is 3.75. The quantitative estimate of drug-likeness (QED) is 0.679.